The van der Waals surface area contributed by atoms with Crippen LogP contribution >= 0.6 is 0 Å². The average Bonchev–Trinajstić information content (AvgIpc) is 3.19. The van der Waals surface area contributed by atoms with E-state index in [9.17, 15) is 4.79 Å². The maximum absolute atomic E-state index is 12.4. The van der Waals surface area contributed by atoms with Gasteiger partial charge in [-0.15, -0.1) is 0 Å². The van der Waals surface area contributed by atoms with Gasteiger partial charge in [0.05, 0.1) is 18.0 Å². The maximum Gasteiger partial charge on any atom is 0.256 e. The minimum Gasteiger partial charge on any atom is -0.468 e. The number of piperidine rings is 1. The van der Waals surface area contributed by atoms with E-state index in [0.29, 0.717) is 23.6 Å². The van der Waals surface area contributed by atoms with E-state index in [2.05, 4.69) is 15.4 Å². The molecule has 0 spiro atoms. The van der Waals surface area contributed by atoms with Crippen molar-refractivity contribution in [1.82, 2.24) is 15.4 Å². The van der Waals surface area contributed by atoms with E-state index in [-0.39, 0.29) is 11.9 Å². The summed E-state index contributed by atoms with van der Waals surface area (Å²) in [4.78, 5) is 14.8. The highest BCUT2D eigenvalue weighted by atomic mass is 16.5. The van der Waals surface area contributed by atoms with Gasteiger partial charge in [-0.1, -0.05) is 11.6 Å². The molecule has 2 aromatic heterocycles. The number of hydrogen-bond donors (Lipinski definition) is 1. The molecular weight excluding hydrogens is 294 g/mol. The van der Waals surface area contributed by atoms with E-state index in [1.807, 2.05) is 12.1 Å². The van der Waals surface area contributed by atoms with Gasteiger partial charge >= 0.3 is 0 Å². The Morgan fingerprint density at radius 3 is 2.74 bits per heavy atom. The first-order valence-corrected chi connectivity index (χ1v) is 8.15. The van der Waals surface area contributed by atoms with Gasteiger partial charge in [-0.2, -0.15) is 0 Å². The molecule has 23 heavy (non-hydrogen) atoms. The minimum absolute atomic E-state index is 0.0646. The van der Waals surface area contributed by atoms with Gasteiger partial charge in [0.25, 0.3) is 5.91 Å². The second kappa shape index (κ2) is 7.00. The van der Waals surface area contributed by atoms with Crippen molar-refractivity contribution in [3.05, 3.63) is 41.2 Å². The molecule has 1 aliphatic heterocycles. The van der Waals surface area contributed by atoms with Gasteiger partial charge in [0, 0.05) is 6.54 Å². The number of aromatic nitrogens is 1. The molecule has 0 radical (unpaired) electrons. The molecule has 2 aromatic rings. The first-order valence-electron chi connectivity index (χ1n) is 8.15. The fourth-order valence-corrected chi connectivity index (χ4v) is 3.21. The van der Waals surface area contributed by atoms with Crippen LogP contribution < -0.4 is 5.32 Å². The highest BCUT2D eigenvalue weighted by Crippen LogP contribution is 2.24. The highest BCUT2D eigenvalue weighted by Gasteiger charge is 2.26. The van der Waals surface area contributed by atoms with E-state index in [1.54, 1.807) is 20.1 Å². The molecule has 1 atom stereocenters. The Morgan fingerprint density at radius 2 is 2.13 bits per heavy atom. The van der Waals surface area contributed by atoms with Crippen molar-refractivity contribution < 1.29 is 13.7 Å². The van der Waals surface area contributed by atoms with Gasteiger partial charge in [0.2, 0.25) is 0 Å². The van der Waals surface area contributed by atoms with Crippen molar-refractivity contribution in [2.24, 2.45) is 0 Å². The van der Waals surface area contributed by atoms with Crippen molar-refractivity contribution in [2.75, 3.05) is 19.6 Å². The van der Waals surface area contributed by atoms with Gasteiger partial charge in [0.1, 0.15) is 17.1 Å². The summed E-state index contributed by atoms with van der Waals surface area (Å²) in [6, 6.07) is 3.93. The zero-order chi connectivity index (χ0) is 16.2. The molecule has 0 aromatic carbocycles. The number of amides is 1. The smallest absolute Gasteiger partial charge is 0.256 e. The fraction of sp³-hybridized carbons (Fsp3) is 0.529. The van der Waals surface area contributed by atoms with Crippen LogP contribution in [0.2, 0.25) is 0 Å². The third-order valence-electron chi connectivity index (χ3n) is 4.42. The highest BCUT2D eigenvalue weighted by molar-refractivity contribution is 5.96. The lowest BCUT2D eigenvalue weighted by Crippen LogP contribution is -2.40. The van der Waals surface area contributed by atoms with Crippen LogP contribution in [0, 0.1) is 13.8 Å². The number of carbonyl (C=O) groups is 1. The molecular formula is C17H23N3O3. The van der Waals surface area contributed by atoms with Crippen molar-refractivity contribution in [1.29, 1.82) is 0 Å². The second-order valence-corrected chi connectivity index (χ2v) is 6.04. The molecule has 6 nitrogen and oxygen atoms in total. The monoisotopic (exact) mass is 317 g/mol. The summed E-state index contributed by atoms with van der Waals surface area (Å²) in [5.74, 6) is 1.30. The fourth-order valence-electron chi connectivity index (χ4n) is 3.21. The standard InChI is InChI=1S/C17H23N3O3/c1-12-16(13(2)23-19-12)17(21)18-11-14(15-7-6-10-22-15)20-8-4-3-5-9-20/h6-7,10,14H,3-5,8-9,11H2,1-2H3,(H,18,21). The second-order valence-electron chi connectivity index (χ2n) is 6.04. The number of nitrogens with one attached hydrogen (secondary N) is 1. The van der Waals surface area contributed by atoms with E-state index < -0.39 is 0 Å². The zero-order valence-corrected chi connectivity index (χ0v) is 13.7. The van der Waals surface area contributed by atoms with Crippen LogP contribution in [-0.2, 0) is 0 Å². The summed E-state index contributed by atoms with van der Waals surface area (Å²) in [6.45, 7) is 6.11. The Bertz CT molecular complexity index is 623. The Balaban J connectivity index is 1.70. The topological polar surface area (TPSA) is 71.5 Å². The van der Waals surface area contributed by atoms with Crippen LogP contribution in [0.15, 0.2) is 27.3 Å². The number of rotatable bonds is 5. The van der Waals surface area contributed by atoms with Crippen molar-refractivity contribution in [3.63, 3.8) is 0 Å². The molecule has 1 N–H and O–H groups in total. The van der Waals surface area contributed by atoms with E-state index >= 15 is 0 Å². The molecule has 1 unspecified atom stereocenters. The lowest BCUT2D eigenvalue weighted by molar-refractivity contribution is 0.0912. The number of furan rings is 1. The summed E-state index contributed by atoms with van der Waals surface area (Å²) in [7, 11) is 0. The third-order valence-corrected chi connectivity index (χ3v) is 4.42. The van der Waals surface area contributed by atoms with Crippen LogP contribution in [-0.4, -0.2) is 35.6 Å². The number of hydrogen-bond acceptors (Lipinski definition) is 5. The van der Waals surface area contributed by atoms with Gasteiger partial charge in [-0.3, -0.25) is 9.69 Å². The van der Waals surface area contributed by atoms with Crippen LogP contribution in [0.1, 0.15) is 52.9 Å². The average molecular weight is 317 g/mol. The molecule has 124 valence electrons. The number of carbonyl (C=O) groups excluding carboxylic acids is 1. The largest absolute Gasteiger partial charge is 0.468 e. The molecule has 1 saturated heterocycles. The molecule has 0 saturated carbocycles. The van der Waals surface area contributed by atoms with Gasteiger partial charge in [-0.05, 0) is 51.9 Å². The molecule has 1 amide bonds. The lowest BCUT2D eigenvalue weighted by atomic mass is 10.1. The summed E-state index contributed by atoms with van der Waals surface area (Å²) in [6.07, 6.45) is 5.33. The zero-order valence-electron chi connectivity index (χ0n) is 13.7. The molecule has 6 heteroatoms. The van der Waals surface area contributed by atoms with E-state index in [1.165, 1.54) is 19.3 Å². The normalized spacial score (nSPS) is 17.1. The number of aryl methyl sites for hydroxylation is 2. The maximum atomic E-state index is 12.4. The van der Waals surface area contributed by atoms with Crippen molar-refractivity contribution in [2.45, 2.75) is 39.2 Å². The number of nitrogens with zero attached hydrogens (tertiary/aromatic N) is 2. The predicted molar refractivity (Wildman–Crippen MR) is 85.2 cm³/mol. The van der Waals surface area contributed by atoms with Gasteiger partial charge < -0.3 is 14.3 Å². The molecule has 3 heterocycles. The Hall–Kier alpha value is -2.08. The van der Waals surface area contributed by atoms with E-state index in [0.717, 1.165) is 18.8 Å². The first kappa shape index (κ1) is 15.8. The van der Waals surface area contributed by atoms with Crippen LogP contribution in [0.4, 0.5) is 0 Å². The summed E-state index contributed by atoms with van der Waals surface area (Å²) < 4.78 is 10.7. The quantitative estimate of drug-likeness (QED) is 0.918. The van der Waals surface area contributed by atoms with Crippen LogP contribution in [0.5, 0.6) is 0 Å². The Morgan fingerprint density at radius 1 is 1.35 bits per heavy atom. The number of likely N-dealkylation sites (tertiary alicyclic amines) is 1. The molecule has 0 aliphatic carbocycles. The SMILES string of the molecule is Cc1noc(C)c1C(=O)NCC(c1ccco1)N1CCCCC1. The van der Waals surface area contributed by atoms with Gasteiger partial charge in [0.15, 0.2) is 0 Å². The molecule has 1 fully saturated rings. The van der Waals surface area contributed by atoms with Crippen molar-refractivity contribution in [3.8, 4) is 0 Å². The Labute approximate surface area is 135 Å². The predicted octanol–water partition coefficient (Wildman–Crippen LogP) is 2.84. The molecule has 0 bridgehead atoms. The molecule has 1 aliphatic rings. The van der Waals surface area contributed by atoms with E-state index in [4.69, 9.17) is 8.94 Å². The van der Waals surface area contributed by atoms with Crippen LogP contribution in [0.3, 0.4) is 0 Å². The summed E-state index contributed by atoms with van der Waals surface area (Å²) in [5, 5.41) is 6.85. The lowest BCUT2D eigenvalue weighted by Gasteiger charge is -2.33. The minimum atomic E-state index is -0.144. The van der Waals surface area contributed by atoms with Gasteiger partial charge in [-0.25, -0.2) is 0 Å². The Kier molecular flexibility index (Phi) is 4.81. The third kappa shape index (κ3) is 3.47. The van der Waals surface area contributed by atoms with Crippen LogP contribution in [0.25, 0.3) is 0 Å². The van der Waals surface area contributed by atoms with Crippen molar-refractivity contribution >= 4 is 5.91 Å². The summed E-state index contributed by atoms with van der Waals surface area (Å²) in [5.41, 5.74) is 1.15. The molecule has 3 rings (SSSR count). The summed E-state index contributed by atoms with van der Waals surface area (Å²) >= 11 is 0. The first-order chi connectivity index (χ1) is 11.2.